The Labute approximate surface area is 143 Å². The third kappa shape index (κ3) is 3.86. The average Bonchev–Trinajstić information content (AvgIpc) is 2.62. The van der Waals surface area contributed by atoms with E-state index < -0.39 is 8.32 Å². The zero-order valence-corrected chi connectivity index (χ0v) is 16.2. The summed E-state index contributed by atoms with van der Waals surface area (Å²) in [5.41, 5.74) is 2.31. The fraction of sp³-hybridized carbons (Fsp3) is 0.950. The van der Waals surface area contributed by atoms with Crippen LogP contribution in [0.15, 0.2) is 0 Å². The van der Waals surface area contributed by atoms with Crippen molar-refractivity contribution >= 4 is 14.3 Å². The summed E-state index contributed by atoms with van der Waals surface area (Å²) in [7, 11) is -2.01. The summed E-state index contributed by atoms with van der Waals surface area (Å²) < 4.78 is 6.56. The normalized spacial score (nSPS) is 26.1. The molecule has 0 radical (unpaired) electrons. The lowest BCUT2D eigenvalue weighted by atomic mass is 9.98. The monoisotopic (exact) mass is 336 g/mol. The van der Waals surface area contributed by atoms with Gasteiger partial charge in [0.1, 0.15) is 0 Å². The van der Waals surface area contributed by atoms with Gasteiger partial charge in [-0.2, -0.15) is 0 Å². The molecule has 3 rings (SSSR count). The van der Waals surface area contributed by atoms with E-state index in [1.165, 1.54) is 96.3 Å². The molecule has 3 saturated carbocycles. The van der Waals surface area contributed by atoms with E-state index in [1.807, 2.05) is 0 Å². The minimum atomic E-state index is -2.01. The van der Waals surface area contributed by atoms with Gasteiger partial charge in [-0.05, 0) is 55.1 Å². The standard InChI is InChI=1S/C20H36O2Si/c1-17(21)22-23(18-11-5-2-6-12-18,19-13-7-3-8-14-19)20-15-9-4-10-16-20/h18-20H,2-16H2,1H3. The Morgan fingerprint density at radius 1 is 0.652 bits per heavy atom. The summed E-state index contributed by atoms with van der Waals surface area (Å²) in [4.78, 5) is 12.2. The molecular weight excluding hydrogens is 300 g/mol. The van der Waals surface area contributed by atoms with E-state index in [1.54, 1.807) is 6.92 Å². The fourth-order valence-electron chi connectivity index (χ4n) is 6.16. The first-order chi connectivity index (χ1) is 11.2. The third-order valence-corrected chi connectivity index (χ3v) is 13.3. The molecule has 0 heterocycles. The van der Waals surface area contributed by atoms with Gasteiger partial charge < -0.3 is 4.43 Å². The highest BCUT2D eigenvalue weighted by Gasteiger charge is 2.56. The molecule has 0 atom stereocenters. The molecule has 0 saturated heterocycles. The average molecular weight is 337 g/mol. The smallest absolute Gasteiger partial charge is 0.289 e. The van der Waals surface area contributed by atoms with Crippen LogP contribution in [0.4, 0.5) is 0 Å². The van der Waals surface area contributed by atoms with Crippen LogP contribution in [0.1, 0.15) is 103 Å². The molecular formula is C20H36O2Si. The Kier molecular flexibility index (Phi) is 6.23. The van der Waals surface area contributed by atoms with Gasteiger partial charge in [0.2, 0.25) is 0 Å². The summed E-state index contributed by atoms with van der Waals surface area (Å²) in [5, 5.41) is 0. The third-order valence-electron chi connectivity index (χ3n) is 7.05. The van der Waals surface area contributed by atoms with Crippen molar-refractivity contribution in [3.05, 3.63) is 0 Å². The molecule has 0 unspecified atom stereocenters. The second kappa shape index (κ2) is 8.18. The molecule has 0 aliphatic heterocycles. The van der Waals surface area contributed by atoms with Gasteiger partial charge >= 0.3 is 0 Å². The van der Waals surface area contributed by atoms with E-state index in [9.17, 15) is 4.79 Å². The molecule has 0 bridgehead atoms. The van der Waals surface area contributed by atoms with Crippen LogP contribution in [-0.4, -0.2) is 14.3 Å². The molecule has 0 aromatic rings. The van der Waals surface area contributed by atoms with Crippen LogP contribution in [0.5, 0.6) is 0 Å². The van der Waals surface area contributed by atoms with E-state index in [4.69, 9.17) is 4.43 Å². The molecule has 3 aliphatic carbocycles. The van der Waals surface area contributed by atoms with Gasteiger partial charge in [0.05, 0.1) is 0 Å². The molecule has 3 fully saturated rings. The van der Waals surface area contributed by atoms with Crippen molar-refractivity contribution in [1.29, 1.82) is 0 Å². The van der Waals surface area contributed by atoms with Gasteiger partial charge in [0, 0.05) is 6.92 Å². The van der Waals surface area contributed by atoms with Crippen LogP contribution in [0.3, 0.4) is 0 Å². The van der Waals surface area contributed by atoms with E-state index in [2.05, 4.69) is 0 Å². The van der Waals surface area contributed by atoms with Gasteiger partial charge in [0.25, 0.3) is 14.3 Å². The summed E-state index contributed by atoms with van der Waals surface area (Å²) in [6.45, 7) is 1.69. The van der Waals surface area contributed by atoms with Gasteiger partial charge in [0.15, 0.2) is 0 Å². The van der Waals surface area contributed by atoms with Crippen LogP contribution in [0.2, 0.25) is 16.6 Å². The molecule has 0 aromatic heterocycles. The van der Waals surface area contributed by atoms with E-state index in [-0.39, 0.29) is 5.97 Å². The van der Waals surface area contributed by atoms with Crippen LogP contribution >= 0.6 is 0 Å². The molecule has 3 aliphatic rings. The Morgan fingerprint density at radius 2 is 0.957 bits per heavy atom. The largest absolute Gasteiger partial charge is 0.518 e. The van der Waals surface area contributed by atoms with Crippen molar-refractivity contribution in [2.75, 3.05) is 0 Å². The van der Waals surface area contributed by atoms with Crippen LogP contribution in [-0.2, 0) is 9.22 Å². The van der Waals surface area contributed by atoms with Gasteiger partial charge in [-0.15, -0.1) is 0 Å². The van der Waals surface area contributed by atoms with Crippen LogP contribution in [0, 0.1) is 0 Å². The lowest BCUT2D eigenvalue weighted by Gasteiger charge is -2.51. The van der Waals surface area contributed by atoms with E-state index in [0.29, 0.717) is 0 Å². The minimum absolute atomic E-state index is 0.0402. The Balaban J connectivity index is 1.93. The SMILES string of the molecule is CC(=O)O[Si](C1CCCCC1)(C1CCCCC1)C1CCCCC1. The molecule has 0 N–H and O–H groups in total. The second-order valence-electron chi connectivity index (χ2n) is 8.45. The molecule has 132 valence electrons. The topological polar surface area (TPSA) is 26.3 Å². The Bertz CT molecular complexity index is 332. The number of carbonyl (C=O) groups excluding carboxylic acids is 1. The first kappa shape index (κ1) is 17.5. The first-order valence-corrected chi connectivity index (χ1v) is 12.6. The Hall–Kier alpha value is -0.313. The molecule has 23 heavy (non-hydrogen) atoms. The van der Waals surface area contributed by atoms with Crippen molar-refractivity contribution < 1.29 is 9.22 Å². The zero-order chi connectivity index (χ0) is 16.1. The van der Waals surface area contributed by atoms with Gasteiger partial charge in [-0.3, -0.25) is 4.79 Å². The molecule has 0 spiro atoms. The minimum Gasteiger partial charge on any atom is -0.518 e. The highest BCUT2D eigenvalue weighted by Crippen LogP contribution is 2.57. The maximum absolute atomic E-state index is 12.2. The number of hydrogen-bond donors (Lipinski definition) is 0. The Morgan fingerprint density at radius 3 is 1.22 bits per heavy atom. The first-order valence-electron chi connectivity index (χ1n) is 10.4. The maximum atomic E-state index is 12.2. The summed E-state index contributed by atoms with van der Waals surface area (Å²) in [6, 6.07) is 0. The number of rotatable bonds is 4. The van der Waals surface area contributed by atoms with Crippen molar-refractivity contribution in [3.8, 4) is 0 Å². The summed E-state index contributed by atoms with van der Waals surface area (Å²) >= 11 is 0. The van der Waals surface area contributed by atoms with Crippen molar-refractivity contribution in [1.82, 2.24) is 0 Å². The van der Waals surface area contributed by atoms with Crippen molar-refractivity contribution in [2.24, 2.45) is 0 Å². The lowest BCUT2D eigenvalue weighted by molar-refractivity contribution is -0.133. The number of carbonyl (C=O) groups is 1. The highest BCUT2D eigenvalue weighted by atomic mass is 28.4. The second-order valence-corrected chi connectivity index (χ2v) is 12.8. The quantitative estimate of drug-likeness (QED) is 0.548. The molecule has 0 aromatic carbocycles. The summed E-state index contributed by atoms with van der Waals surface area (Å²) in [6.07, 6.45) is 20.6. The van der Waals surface area contributed by atoms with Crippen LogP contribution in [0.25, 0.3) is 0 Å². The van der Waals surface area contributed by atoms with Crippen molar-refractivity contribution in [3.63, 3.8) is 0 Å². The molecule has 0 amide bonds. The molecule has 2 nitrogen and oxygen atoms in total. The van der Waals surface area contributed by atoms with Gasteiger partial charge in [-0.25, -0.2) is 0 Å². The highest BCUT2D eigenvalue weighted by molar-refractivity contribution is 6.79. The predicted octanol–water partition coefficient (Wildman–Crippen LogP) is 6.50. The van der Waals surface area contributed by atoms with Crippen molar-refractivity contribution in [2.45, 2.75) is 120 Å². The molecule has 3 heteroatoms. The van der Waals surface area contributed by atoms with Crippen LogP contribution < -0.4 is 0 Å². The zero-order valence-electron chi connectivity index (χ0n) is 15.2. The maximum Gasteiger partial charge on any atom is 0.289 e. The van der Waals surface area contributed by atoms with E-state index >= 15 is 0 Å². The lowest BCUT2D eigenvalue weighted by Crippen LogP contribution is -2.54. The summed E-state index contributed by atoms with van der Waals surface area (Å²) in [5.74, 6) is 0.0402. The van der Waals surface area contributed by atoms with E-state index in [0.717, 1.165) is 16.6 Å². The predicted molar refractivity (Wildman–Crippen MR) is 98.0 cm³/mol. The fourth-order valence-corrected chi connectivity index (χ4v) is 13.1. The van der Waals surface area contributed by atoms with Gasteiger partial charge in [-0.1, -0.05) is 57.8 Å². The number of hydrogen-bond acceptors (Lipinski definition) is 2.